The highest BCUT2D eigenvalue weighted by Gasteiger charge is 2.50. The summed E-state index contributed by atoms with van der Waals surface area (Å²) in [7, 11) is 4.29. The molecule has 29 heavy (non-hydrogen) atoms. The molecule has 1 heterocycles. The first-order chi connectivity index (χ1) is 13.9. The van der Waals surface area contributed by atoms with Crippen molar-refractivity contribution in [2.45, 2.75) is 50.5 Å². The number of amides is 2. The number of rotatable bonds is 7. The largest absolute Gasteiger partial charge is 0.355 e. The first kappa shape index (κ1) is 21.3. The summed E-state index contributed by atoms with van der Waals surface area (Å²) >= 11 is 0. The smallest absolute Gasteiger partial charge is 0.239 e. The lowest BCUT2D eigenvalue weighted by atomic mass is 9.64. The van der Waals surface area contributed by atoms with Crippen LogP contribution < -0.4 is 5.32 Å². The number of nitrogens with zero attached hydrogens (tertiary/aromatic N) is 3. The van der Waals surface area contributed by atoms with Crippen LogP contribution in [0.1, 0.15) is 50.5 Å². The Bertz CT molecular complexity index is 761. The van der Waals surface area contributed by atoms with Crippen molar-refractivity contribution in [3.05, 3.63) is 35.9 Å². The van der Waals surface area contributed by atoms with E-state index in [9.17, 15) is 9.59 Å². The van der Waals surface area contributed by atoms with Crippen molar-refractivity contribution < 1.29 is 9.59 Å². The molecule has 1 N–H and O–H groups in total. The number of nitrogens with one attached hydrogen (secondary N) is 1. The Morgan fingerprint density at radius 3 is 2.52 bits per heavy atom. The molecule has 1 spiro atoms. The third-order valence-corrected chi connectivity index (χ3v) is 6.83. The monoisotopic (exact) mass is 396 g/mol. The average molecular weight is 397 g/mol. The first-order valence-corrected chi connectivity index (χ1v) is 10.6. The molecule has 1 saturated carbocycles. The van der Waals surface area contributed by atoms with Crippen LogP contribution in [0.2, 0.25) is 0 Å². The van der Waals surface area contributed by atoms with E-state index < -0.39 is 0 Å². The molecule has 6 heteroatoms. The Morgan fingerprint density at radius 1 is 1.21 bits per heavy atom. The van der Waals surface area contributed by atoms with E-state index in [2.05, 4.69) is 60.7 Å². The lowest BCUT2D eigenvalue weighted by Crippen LogP contribution is -2.47. The zero-order valence-electron chi connectivity index (χ0n) is 17.6. The molecule has 0 atom stereocenters. The lowest BCUT2D eigenvalue weighted by Gasteiger charge is -2.48. The summed E-state index contributed by atoms with van der Waals surface area (Å²) < 4.78 is 0. The molecule has 6 nitrogen and oxygen atoms in total. The van der Waals surface area contributed by atoms with Crippen molar-refractivity contribution in [3.63, 3.8) is 0 Å². The van der Waals surface area contributed by atoms with Crippen LogP contribution in [0.25, 0.3) is 0 Å². The lowest BCUT2D eigenvalue weighted by molar-refractivity contribution is -0.133. The van der Waals surface area contributed by atoms with Gasteiger partial charge < -0.3 is 10.2 Å². The Balaban J connectivity index is 1.60. The average Bonchev–Trinajstić information content (AvgIpc) is 3.01. The van der Waals surface area contributed by atoms with Gasteiger partial charge in [0, 0.05) is 31.5 Å². The summed E-state index contributed by atoms with van der Waals surface area (Å²) in [5.74, 6) is -0.0367. The summed E-state index contributed by atoms with van der Waals surface area (Å²) in [6.07, 6.45) is 5.65. The van der Waals surface area contributed by atoms with Gasteiger partial charge in [-0.2, -0.15) is 5.26 Å². The number of hydrogen-bond donors (Lipinski definition) is 1. The van der Waals surface area contributed by atoms with Gasteiger partial charge in [-0.15, -0.1) is 0 Å². The van der Waals surface area contributed by atoms with Crippen molar-refractivity contribution in [2.24, 2.45) is 5.41 Å². The second kappa shape index (κ2) is 8.96. The van der Waals surface area contributed by atoms with Crippen LogP contribution in [0.15, 0.2) is 30.3 Å². The van der Waals surface area contributed by atoms with Crippen LogP contribution in [0, 0.1) is 16.7 Å². The van der Waals surface area contributed by atoms with Gasteiger partial charge in [0.05, 0.1) is 12.6 Å². The normalized spacial score (nSPS) is 26.7. The Morgan fingerprint density at radius 2 is 1.90 bits per heavy atom. The summed E-state index contributed by atoms with van der Waals surface area (Å²) in [6, 6.07) is 12.7. The molecule has 156 valence electrons. The fourth-order valence-corrected chi connectivity index (χ4v) is 5.02. The predicted molar refractivity (Wildman–Crippen MR) is 112 cm³/mol. The summed E-state index contributed by atoms with van der Waals surface area (Å²) in [4.78, 5) is 28.8. The van der Waals surface area contributed by atoms with Gasteiger partial charge in [0.1, 0.15) is 0 Å². The van der Waals surface area contributed by atoms with E-state index in [0.717, 1.165) is 25.7 Å². The first-order valence-electron chi connectivity index (χ1n) is 10.6. The quantitative estimate of drug-likeness (QED) is 0.719. The minimum absolute atomic E-state index is 0.00748. The molecular weight excluding hydrogens is 364 g/mol. The van der Waals surface area contributed by atoms with Crippen molar-refractivity contribution in [1.29, 1.82) is 5.26 Å². The second-order valence-electron chi connectivity index (χ2n) is 8.83. The number of benzene rings is 1. The van der Waals surface area contributed by atoms with E-state index in [4.69, 9.17) is 5.26 Å². The molecule has 0 radical (unpaired) electrons. The molecule has 1 aliphatic heterocycles. The minimum atomic E-state index is -0.129. The van der Waals surface area contributed by atoms with Crippen LogP contribution in [-0.4, -0.2) is 55.3 Å². The maximum absolute atomic E-state index is 12.6. The van der Waals surface area contributed by atoms with Gasteiger partial charge in [-0.3, -0.25) is 14.5 Å². The molecular formula is C23H32N4O2. The molecule has 0 bridgehead atoms. The van der Waals surface area contributed by atoms with Crippen molar-refractivity contribution >= 4 is 11.8 Å². The molecule has 1 aromatic rings. The number of nitriles is 1. The summed E-state index contributed by atoms with van der Waals surface area (Å²) in [5.41, 5.74) is 1.35. The highest BCUT2D eigenvalue weighted by molar-refractivity contribution is 5.86. The number of hydrogen-bond acceptors (Lipinski definition) is 4. The van der Waals surface area contributed by atoms with Gasteiger partial charge in [-0.25, -0.2) is 0 Å². The SMILES string of the molecule is CN(C)C1(c2ccccc2)CCC2(CC1)CC(=O)N(CC(=O)NCCCC#N)C2. The van der Waals surface area contributed by atoms with Crippen LogP contribution in [-0.2, 0) is 15.1 Å². The fraction of sp³-hybridized carbons (Fsp3) is 0.609. The zero-order valence-corrected chi connectivity index (χ0v) is 17.6. The number of unbranched alkanes of at least 4 members (excludes halogenated alkanes) is 1. The van der Waals surface area contributed by atoms with E-state index in [1.54, 1.807) is 4.90 Å². The summed E-state index contributed by atoms with van der Waals surface area (Å²) in [6.45, 7) is 1.29. The Labute approximate surface area is 173 Å². The molecule has 0 unspecified atom stereocenters. The highest BCUT2D eigenvalue weighted by Crippen LogP contribution is 2.51. The van der Waals surface area contributed by atoms with Crippen LogP contribution >= 0.6 is 0 Å². The van der Waals surface area contributed by atoms with E-state index in [1.165, 1.54) is 5.56 Å². The summed E-state index contributed by atoms with van der Waals surface area (Å²) in [5, 5.41) is 11.4. The topological polar surface area (TPSA) is 76.4 Å². The molecule has 2 amide bonds. The molecule has 0 aromatic heterocycles. The van der Waals surface area contributed by atoms with Crippen molar-refractivity contribution in [1.82, 2.24) is 15.1 Å². The molecule has 1 aromatic carbocycles. The van der Waals surface area contributed by atoms with Crippen molar-refractivity contribution in [2.75, 3.05) is 33.7 Å². The number of likely N-dealkylation sites (tertiary alicyclic amines) is 1. The third kappa shape index (κ3) is 4.62. The predicted octanol–water partition coefficient (Wildman–Crippen LogP) is 2.66. The fourth-order valence-electron chi connectivity index (χ4n) is 5.02. The van der Waals surface area contributed by atoms with Crippen LogP contribution in [0.5, 0.6) is 0 Å². The van der Waals surface area contributed by atoms with E-state index >= 15 is 0 Å². The van der Waals surface area contributed by atoms with Crippen LogP contribution in [0.4, 0.5) is 0 Å². The molecule has 2 aliphatic rings. The van der Waals surface area contributed by atoms with Gasteiger partial charge in [0.2, 0.25) is 11.8 Å². The van der Waals surface area contributed by atoms with Gasteiger partial charge in [0.15, 0.2) is 0 Å². The molecule has 1 aliphatic carbocycles. The molecule has 3 rings (SSSR count). The van der Waals surface area contributed by atoms with E-state index in [0.29, 0.717) is 32.4 Å². The second-order valence-corrected chi connectivity index (χ2v) is 8.83. The number of carbonyl (C=O) groups excluding carboxylic acids is 2. The minimum Gasteiger partial charge on any atom is -0.355 e. The van der Waals surface area contributed by atoms with Gasteiger partial charge in [-0.05, 0) is 57.2 Å². The number of carbonyl (C=O) groups is 2. The maximum atomic E-state index is 12.6. The van der Waals surface area contributed by atoms with Crippen molar-refractivity contribution in [3.8, 4) is 6.07 Å². The zero-order chi connectivity index (χ0) is 20.9. The highest BCUT2D eigenvalue weighted by atomic mass is 16.2. The Kier molecular flexibility index (Phi) is 6.59. The van der Waals surface area contributed by atoms with Gasteiger partial charge >= 0.3 is 0 Å². The third-order valence-electron chi connectivity index (χ3n) is 6.83. The molecule has 2 fully saturated rings. The standard InChI is InChI=1S/C23H32N4O2/c1-26(2)23(19-8-4-3-5-9-19)12-10-22(11-13-23)16-21(29)27(18-22)17-20(28)25-15-7-6-14-24/h3-5,8-9H,6-7,10-13,15-18H2,1-2H3,(H,25,28). The Hall–Kier alpha value is -2.39. The van der Waals surface area contributed by atoms with Gasteiger partial charge in [-0.1, -0.05) is 30.3 Å². The molecule has 1 saturated heterocycles. The van der Waals surface area contributed by atoms with Crippen LogP contribution in [0.3, 0.4) is 0 Å². The van der Waals surface area contributed by atoms with E-state index in [1.807, 2.05) is 0 Å². The van der Waals surface area contributed by atoms with Gasteiger partial charge in [0.25, 0.3) is 0 Å². The van der Waals surface area contributed by atoms with E-state index in [-0.39, 0.29) is 29.3 Å². The maximum Gasteiger partial charge on any atom is 0.239 e.